The summed E-state index contributed by atoms with van der Waals surface area (Å²) >= 11 is 5.01. The molecule has 4 heteroatoms. The summed E-state index contributed by atoms with van der Waals surface area (Å²) in [5.74, 6) is -0.236. The number of hydrogen-bond donors (Lipinski definition) is 1. The molecular weight excluding hydrogens is 301 g/mol. The van der Waals surface area contributed by atoms with Crippen LogP contribution in [0.1, 0.15) is 27.6 Å². The van der Waals surface area contributed by atoms with Crippen molar-refractivity contribution in [1.82, 2.24) is 0 Å². The number of nitrogens with two attached hydrogens (primary N) is 1. The zero-order valence-corrected chi connectivity index (χ0v) is 12.0. The first-order valence-corrected chi connectivity index (χ1v) is 6.87. The molecule has 90 valence electrons. The lowest BCUT2D eigenvalue weighted by atomic mass is 10.0. The molecule has 0 spiro atoms. The van der Waals surface area contributed by atoms with Gasteiger partial charge in [-0.25, -0.2) is 4.39 Å². The quantitative estimate of drug-likeness (QED) is 0.878. The SMILES string of the molecule is Cc1ccc(C(N)c2cc(C)c(Br)s2)c(F)c1. The van der Waals surface area contributed by atoms with Gasteiger partial charge in [0.15, 0.2) is 0 Å². The van der Waals surface area contributed by atoms with Gasteiger partial charge in [0.25, 0.3) is 0 Å². The molecule has 0 aliphatic rings. The van der Waals surface area contributed by atoms with Crippen LogP contribution in [0.25, 0.3) is 0 Å². The van der Waals surface area contributed by atoms with E-state index in [4.69, 9.17) is 5.73 Å². The lowest BCUT2D eigenvalue weighted by Gasteiger charge is -2.11. The van der Waals surface area contributed by atoms with Crippen molar-refractivity contribution in [3.8, 4) is 0 Å². The highest BCUT2D eigenvalue weighted by atomic mass is 79.9. The number of hydrogen-bond acceptors (Lipinski definition) is 2. The van der Waals surface area contributed by atoms with Gasteiger partial charge >= 0.3 is 0 Å². The third kappa shape index (κ3) is 2.59. The Kier molecular flexibility index (Phi) is 3.66. The van der Waals surface area contributed by atoms with Gasteiger partial charge in [0.1, 0.15) is 5.82 Å². The molecule has 0 amide bonds. The van der Waals surface area contributed by atoms with E-state index in [0.717, 1.165) is 19.8 Å². The van der Waals surface area contributed by atoms with Crippen molar-refractivity contribution < 1.29 is 4.39 Å². The Hall–Kier alpha value is -0.710. The second kappa shape index (κ2) is 4.88. The molecule has 2 aromatic rings. The summed E-state index contributed by atoms with van der Waals surface area (Å²) < 4.78 is 14.9. The van der Waals surface area contributed by atoms with Gasteiger partial charge in [-0.15, -0.1) is 11.3 Å². The average molecular weight is 314 g/mol. The first-order valence-electron chi connectivity index (χ1n) is 5.26. The Labute approximate surface area is 113 Å². The molecule has 1 unspecified atom stereocenters. The number of aryl methyl sites for hydroxylation is 2. The Morgan fingerprint density at radius 1 is 1.29 bits per heavy atom. The fraction of sp³-hybridized carbons (Fsp3) is 0.231. The molecule has 0 bridgehead atoms. The standard InChI is InChI=1S/C13H13BrFNS/c1-7-3-4-9(10(15)5-7)12(16)11-6-8(2)13(14)17-11/h3-6,12H,16H2,1-2H3. The molecule has 0 fully saturated rings. The molecule has 0 saturated heterocycles. The van der Waals surface area contributed by atoms with E-state index in [-0.39, 0.29) is 5.82 Å². The number of halogens is 2. The third-order valence-corrected chi connectivity index (χ3v) is 4.89. The Balaban J connectivity index is 2.39. The van der Waals surface area contributed by atoms with Gasteiger partial charge in [0, 0.05) is 10.4 Å². The van der Waals surface area contributed by atoms with Crippen molar-refractivity contribution in [3.63, 3.8) is 0 Å². The topological polar surface area (TPSA) is 26.0 Å². The summed E-state index contributed by atoms with van der Waals surface area (Å²) in [4.78, 5) is 0.970. The average Bonchev–Trinajstić information content (AvgIpc) is 2.58. The van der Waals surface area contributed by atoms with E-state index in [0.29, 0.717) is 5.56 Å². The van der Waals surface area contributed by atoms with Crippen LogP contribution >= 0.6 is 27.3 Å². The zero-order valence-electron chi connectivity index (χ0n) is 9.63. The predicted molar refractivity (Wildman–Crippen MR) is 73.9 cm³/mol. The first kappa shape index (κ1) is 12.7. The van der Waals surface area contributed by atoms with Crippen molar-refractivity contribution in [2.24, 2.45) is 5.73 Å². The highest BCUT2D eigenvalue weighted by Crippen LogP contribution is 2.33. The van der Waals surface area contributed by atoms with Crippen LogP contribution in [0.3, 0.4) is 0 Å². The van der Waals surface area contributed by atoms with Gasteiger partial charge < -0.3 is 5.73 Å². The number of thiophene rings is 1. The molecule has 1 aromatic carbocycles. The van der Waals surface area contributed by atoms with Gasteiger partial charge in [-0.2, -0.15) is 0 Å². The van der Waals surface area contributed by atoms with Crippen LogP contribution in [0.15, 0.2) is 28.1 Å². The van der Waals surface area contributed by atoms with Gasteiger partial charge in [0.2, 0.25) is 0 Å². The molecule has 2 rings (SSSR count). The van der Waals surface area contributed by atoms with E-state index >= 15 is 0 Å². The van der Waals surface area contributed by atoms with Crippen LogP contribution < -0.4 is 5.73 Å². The van der Waals surface area contributed by atoms with Crippen molar-refractivity contribution in [2.75, 3.05) is 0 Å². The Bertz CT molecular complexity index is 531. The molecule has 17 heavy (non-hydrogen) atoms. The largest absolute Gasteiger partial charge is 0.320 e. The molecule has 0 aliphatic carbocycles. The highest BCUT2D eigenvalue weighted by Gasteiger charge is 2.16. The number of rotatable bonds is 2. The predicted octanol–water partition coefficient (Wildman–Crippen LogP) is 4.31. The summed E-state index contributed by atoms with van der Waals surface area (Å²) in [6.07, 6.45) is 0. The van der Waals surface area contributed by atoms with Crippen molar-refractivity contribution in [3.05, 3.63) is 55.4 Å². The monoisotopic (exact) mass is 313 g/mol. The normalized spacial score (nSPS) is 12.8. The maximum atomic E-state index is 13.8. The van der Waals surface area contributed by atoms with Crippen LogP contribution in [0, 0.1) is 19.7 Å². The van der Waals surface area contributed by atoms with Crippen molar-refractivity contribution in [1.29, 1.82) is 0 Å². The first-order chi connectivity index (χ1) is 7.99. The second-order valence-electron chi connectivity index (χ2n) is 4.11. The van der Waals surface area contributed by atoms with E-state index < -0.39 is 6.04 Å². The van der Waals surface area contributed by atoms with Gasteiger partial charge in [-0.05, 0) is 53.0 Å². The van der Waals surface area contributed by atoms with E-state index in [1.54, 1.807) is 17.4 Å². The van der Waals surface area contributed by atoms with Crippen LogP contribution in [-0.4, -0.2) is 0 Å². The molecule has 2 N–H and O–H groups in total. The van der Waals surface area contributed by atoms with Crippen molar-refractivity contribution >= 4 is 27.3 Å². The molecule has 0 aliphatic heterocycles. The minimum Gasteiger partial charge on any atom is -0.320 e. The summed E-state index contributed by atoms with van der Waals surface area (Å²) in [6.45, 7) is 3.87. The van der Waals surface area contributed by atoms with E-state index in [2.05, 4.69) is 15.9 Å². The summed E-state index contributed by atoms with van der Waals surface area (Å²) in [5.41, 5.74) is 8.68. The van der Waals surface area contributed by atoms with E-state index in [1.807, 2.05) is 26.0 Å². The molecule has 0 saturated carbocycles. The third-order valence-electron chi connectivity index (χ3n) is 2.67. The number of benzene rings is 1. The molecule has 1 nitrogen and oxygen atoms in total. The lowest BCUT2D eigenvalue weighted by Crippen LogP contribution is -2.12. The summed E-state index contributed by atoms with van der Waals surface area (Å²) in [7, 11) is 0. The maximum Gasteiger partial charge on any atom is 0.128 e. The lowest BCUT2D eigenvalue weighted by molar-refractivity contribution is 0.600. The summed E-state index contributed by atoms with van der Waals surface area (Å²) in [6, 6.07) is 6.76. The maximum absolute atomic E-state index is 13.8. The van der Waals surface area contributed by atoms with Crippen LogP contribution in [0.4, 0.5) is 4.39 Å². The van der Waals surface area contributed by atoms with E-state index in [1.165, 1.54) is 6.07 Å². The zero-order chi connectivity index (χ0) is 12.6. The van der Waals surface area contributed by atoms with Gasteiger partial charge in [0.05, 0.1) is 9.83 Å². The Morgan fingerprint density at radius 2 is 2.00 bits per heavy atom. The fourth-order valence-corrected chi connectivity index (χ4v) is 3.27. The Morgan fingerprint density at radius 3 is 2.53 bits per heavy atom. The second-order valence-corrected chi connectivity index (χ2v) is 6.51. The van der Waals surface area contributed by atoms with Gasteiger partial charge in [-0.3, -0.25) is 0 Å². The summed E-state index contributed by atoms with van der Waals surface area (Å²) in [5, 5.41) is 0. The minimum absolute atomic E-state index is 0.236. The smallest absolute Gasteiger partial charge is 0.128 e. The molecule has 1 atom stereocenters. The van der Waals surface area contributed by atoms with Crippen molar-refractivity contribution in [2.45, 2.75) is 19.9 Å². The molecular formula is C13H13BrFNS. The van der Waals surface area contributed by atoms with Crippen LogP contribution in [0.2, 0.25) is 0 Å². The van der Waals surface area contributed by atoms with E-state index in [9.17, 15) is 4.39 Å². The highest BCUT2D eigenvalue weighted by molar-refractivity contribution is 9.11. The van der Waals surface area contributed by atoms with Gasteiger partial charge in [-0.1, -0.05) is 12.1 Å². The minimum atomic E-state index is -0.398. The molecule has 1 heterocycles. The fourth-order valence-electron chi connectivity index (χ4n) is 1.67. The van der Waals surface area contributed by atoms with Crippen LogP contribution in [0.5, 0.6) is 0 Å². The molecule has 1 aromatic heterocycles. The van der Waals surface area contributed by atoms with Crippen LogP contribution in [-0.2, 0) is 0 Å². The molecule has 0 radical (unpaired) electrons.